The van der Waals surface area contributed by atoms with Gasteiger partial charge < -0.3 is 19.3 Å². The average Bonchev–Trinajstić information content (AvgIpc) is 3.98. The predicted octanol–water partition coefficient (Wildman–Crippen LogP) is 7.76. The first-order valence-electron chi connectivity index (χ1n) is 22.3. The van der Waals surface area contributed by atoms with Crippen molar-refractivity contribution in [2.24, 2.45) is 5.92 Å². The Balaban J connectivity index is 0.758. The van der Waals surface area contributed by atoms with Crippen molar-refractivity contribution in [1.82, 2.24) is 40.3 Å². The summed E-state index contributed by atoms with van der Waals surface area (Å²) in [5.74, 6) is 1.05. The highest BCUT2D eigenvalue weighted by molar-refractivity contribution is 6.05. The summed E-state index contributed by atoms with van der Waals surface area (Å²) in [4.78, 5) is 67.1. The number of Topliss-reactive ketones (excluding diaryl/α,β-unsaturated/α-hetero) is 1. The first-order chi connectivity index (χ1) is 30.9. The standard InChI is InChI=1S/C48H54FN11O4/c1-30(5-13-40(61)45-55-46(64-56-45)48(2,3)4)36-12-6-32(25-38(36)49)43-37-26-39(53-44(37)52-29-51-43)33-7-14-41(50-27-33)59-23-21-57(22-24-59)28-31-15-18-58(19-16-31)34-8-10-35(11-9-34)60-20-17-42(62)54-47(60)63/h6-12,14,25-27,29-31H,5,13,15-24,28H2,1-4H3,(H,51,52,53)(H,54,62,63)/t30-/m0/s1. The Bertz CT molecular complexity index is 2640. The smallest absolute Gasteiger partial charge is 0.328 e. The number of amides is 3. The van der Waals surface area contributed by atoms with Crippen LogP contribution >= 0.6 is 0 Å². The van der Waals surface area contributed by atoms with Crippen LogP contribution in [0.25, 0.3) is 33.5 Å². The molecule has 4 aromatic heterocycles. The van der Waals surface area contributed by atoms with E-state index in [1.807, 2.05) is 58.2 Å². The zero-order valence-corrected chi connectivity index (χ0v) is 36.8. The number of halogens is 1. The first kappa shape index (κ1) is 42.7. The van der Waals surface area contributed by atoms with E-state index in [1.54, 1.807) is 11.0 Å². The highest BCUT2D eigenvalue weighted by atomic mass is 19.1. The van der Waals surface area contributed by atoms with E-state index in [0.29, 0.717) is 53.7 Å². The fraction of sp³-hybridized carbons (Fsp3) is 0.417. The lowest BCUT2D eigenvalue weighted by Crippen LogP contribution is -2.49. The molecule has 3 aliphatic rings. The number of aromatic nitrogens is 6. The summed E-state index contributed by atoms with van der Waals surface area (Å²) in [7, 11) is 0. The lowest BCUT2D eigenvalue weighted by atomic mass is 9.93. The molecule has 2 aromatic carbocycles. The van der Waals surface area contributed by atoms with Gasteiger partial charge in [-0.15, -0.1) is 0 Å². The van der Waals surface area contributed by atoms with Crippen molar-refractivity contribution in [3.8, 4) is 22.5 Å². The Hall–Kier alpha value is -6.55. The number of hydrogen-bond donors (Lipinski definition) is 2. The highest BCUT2D eigenvalue weighted by Gasteiger charge is 2.28. The quantitative estimate of drug-likeness (QED) is 0.115. The van der Waals surface area contributed by atoms with Gasteiger partial charge in [0.2, 0.25) is 23.4 Å². The largest absolute Gasteiger partial charge is 0.372 e. The molecule has 0 unspecified atom stereocenters. The summed E-state index contributed by atoms with van der Waals surface area (Å²) < 4.78 is 21.0. The van der Waals surface area contributed by atoms with E-state index >= 15 is 4.39 Å². The predicted molar refractivity (Wildman–Crippen MR) is 243 cm³/mol. The number of H-pyrrole nitrogens is 1. The first-order valence-corrected chi connectivity index (χ1v) is 22.3. The van der Waals surface area contributed by atoms with Crippen molar-refractivity contribution in [3.05, 3.63) is 96.3 Å². The number of benzene rings is 2. The van der Waals surface area contributed by atoms with Crippen LogP contribution in [-0.4, -0.2) is 105 Å². The number of pyridine rings is 1. The third-order valence-electron chi connectivity index (χ3n) is 12.8. The maximum absolute atomic E-state index is 15.7. The van der Waals surface area contributed by atoms with E-state index in [2.05, 4.69) is 69.4 Å². The molecule has 0 saturated carbocycles. The van der Waals surface area contributed by atoms with Gasteiger partial charge in [0.05, 0.1) is 5.69 Å². The van der Waals surface area contributed by atoms with Crippen LogP contribution in [0.1, 0.15) is 87.8 Å². The van der Waals surface area contributed by atoms with Gasteiger partial charge in [0.25, 0.3) is 0 Å². The second-order valence-corrected chi connectivity index (χ2v) is 18.3. The molecule has 3 saturated heterocycles. The van der Waals surface area contributed by atoms with Crippen molar-refractivity contribution in [1.29, 1.82) is 0 Å². The molecule has 7 heterocycles. The van der Waals surface area contributed by atoms with Gasteiger partial charge in [0, 0.05) is 110 Å². The molecule has 6 aromatic rings. The third kappa shape index (κ3) is 9.23. The Kier molecular flexibility index (Phi) is 12.0. The molecule has 3 aliphatic heterocycles. The van der Waals surface area contributed by atoms with Crippen LogP contribution in [0.2, 0.25) is 0 Å². The van der Waals surface area contributed by atoms with Gasteiger partial charge in [0.1, 0.15) is 23.6 Å². The fourth-order valence-corrected chi connectivity index (χ4v) is 8.94. The fourth-order valence-electron chi connectivity index (χ4n) is 8.94. The molecular formula is C48H54FN11O4. The summed E-state index contributed by atoms with van der Waals surface area (Å²) >= 11 is 0. The SMILES string of the molecule is C[C@@H](CCC(=O)c1noc(C(C)(C)C)n1)c1ccc(-c2ncnc3[nH]c(-c4ccc(N5CCN(CC6CCN(c7ccc(N8CCC(=O)NC8=O)cc7)CC6)CC5)nc4)cc23)cc1F. The van der Waals surface area contributed by atoms with Gasteiger partial charge in [0.15, 0.2) is 0 Å². The Labute approximate surface area is 371 Å². The number of carbonyl (C=O) groups excluding carboxylic acids is 3. The molecule has 1 atom stereocenters. The number of ketones is 1. The number of nitrogens with one attached hydrogen (secondary N) is 2. The summed E-state index contributed by atoms with van der Waals surface area (Å²) in [6.07, 6.45) is 6.57. The number of hydrogen-bond acceptors (Lipinski definition) is 12. The van der Waals surface area contributed by atoms with Crippen LogP contribution in [0.4, 0.5) is 26.4 Å². The van der Waals surface area contributed by atoms with Crippen LogP contribution in [0.5, 0.6) is 0 Å². The molecule has 15 nitrogen and oxygen atoms in total. The molecule has 332 valence electrons. The number of aromatic amines is 1. The van der Waals surface area contributed by atoms with E-state index < -0.39 is 0 Å². The van der Waals surface area contributed by atoms with E-state index in [1.165, 1.54) is 12.4 Å². The number of carbonyl (C=O) groups is 3. The van der Waals surface area contributed by atoms with Crippen molar-refractivity contribution < 1.29 is 23.3 Å². The molecule has 0 radical (unpaired) electrons. The van der Waals surface area contributed by atoms with E-state index in [9.17, 15) is 14.4 Å². The Morgan fingerprint density at radius 2 is 1.62 bits per heavy atom. The average molecular weight is 868 g/mol. The monoisotopic (exact) mass is 867 g/mol. The number of fused-ring (bicyclic) bond motifs is 1. The summed E-state index contributed by atoms with van der Waals surface area (Å²) in [5, 5.41) is 7.03. The second-order valence-electron chi connectivity index (χ2n) is 18.3. The van der Waals surface area contributed by atoms with Crippen molar-refractivity contribution in [2.45, 2.75) is 71.1 Å². The van der Waals surface area contributed by atoms with Gasteiger partial charge in [-0.2, -0.15) is 4.98 Å². The van der Waals surface area contributed by atoms with Gasteiger partial charge in [-0.25, -0.2) is 24.1 Å². The Morgan fingerprint density at radius 3 is 2.31 bits per heavy atom. The van der Waals surface area contributed by atoms with Crippen LogP contribution in [0.3, 0.4) is 0 Å². The minimum atomic E-state index is -0.359. The second kappa shape index (κ2) is 17.9. The molecule has 0 aliphatic carbocycles. The van der Waals surface area contributed by atoms with Crippen LogP contribution in [0, 0.1) is 11.7 Å². The minimum absolute atomic E-state index is 0.0585. The summed E-state index contributed by atoms with van der Waals surface area (Å²) in [5.41, 5.74) is 5.81. The summed E-state index contributed by atoms with van der Waals surface area (Å²) in [6.45, 7) is 15.0. The van der Waals surface area contributed by atoms with Gasteiger partial charge in [-0.05, 0) is 85.2 Å². The van der Waals surface area contributed by atoms with Crippen LogP contribution in [0.15, 0.2) is 77.7 Å². The van der Waals surface area contributed by atoms with Crippen molar-refractivity contribution >= 4 is 45.9 Å². The number of imide groups is 1. The minimum Gasteiger partial charge on any atom is -0.372 e. The molecule has 0 spiro atoms. The van der Waals surface area contributed by atoms with Crippen LogP contribution < -0.4 is 20.0 Å². The molecule has 2 N–H and O–H groups in total. The number of rotatable bonds is 12. The van der Waals surface area contributed by atoms with E-state index in [0.717, 1.165) is 92.5 Å². The van der Waals surface area contributed by atoms with Crippen molar-refractivity contribution in [3.63, 3.8) is 0 Å². The normalized spacial score (nSPS) is 17.3. The maximum Gasteiger partial charge on any atom is 0.328 e. The van der Waals surface area contributed by atoms with E-state index in [-0.39, 0.29) is 47.1 Å². The summed E-state index contributed by atoms with van der Waals surface area (Å²) in [6, 6.07) is 19.0. The molecule has 64 heavy (non-hydrogen) atoms. The molecule has 16 heteroatoms. The number of piperidine rings is 1. The number of nitrogens with zero attached hydrogens (tertiary/aromatic N) is 9. The highest BCUT2D eigenvalue weighted by Crippen LogP contribution is 2.34. The Morgan fingerprint density at radius 1 is 0.875 bits per heavy atom. The molecule has 3 amide bonds. The topological polar surface area (TPSA) is 170 Å². The van der Waals surface area contributed by atoms with Gasteiger partial charge >= 0.3 is 6.03 Å². The van der Waals surface area contributed by atoms with Crippen molar-refractivity contribution in [2.75, 3.05) is 67.1 Å². The zero-order chi connectivity index (χ0) is 44.5. The molecular weight excluding hydrogens is 814 g/mol. The lowest BCUT2D eigenvalue weighted by molar-refractivity contribution is -0.120. The lowest BCUT2D eigenvalue weighted by Gasteiger charge is -2.39. The third-order valence-corrected chi connectivity index (χ3v) is 12.8. The molecule has 0 bridgehead atoms. The number of urea groups is 1. The molecule has 3 fully saturated rings. The maximum atomic E-state index is 15.7. The molecule has 9 rings (SSSR count). The number of piperazine rings is 1. The van der Waals surface area contributed by atoms with Gasteiger partial charge in [-0.3, -0.25) is 24.7 Å². The van der Waals surface area contributed by atoms with Gasteiger partial charge in [-0.1, -0.05) is 45.0 Å². The number of anilines is 3. The van der Waals surface area contributed by atoms with E-state index in [4.69, 9.17) is 9.51 Å². The van der Waals surface area contributed by atoms with Crippen LogP contribution in [-0.2, 0) is 10.2 Å². The zero-order valence-electron chi connectivity index (χ0n) is 36.8.